The normalized spacial score (nSPS) is 10.4. The van der Waals surface area contributed by atoms with E-state index in [1.165, 1.54) is 0 Å². The number of hydrogen-bond acceptors (Lipinski definition) is 3. The topological polar surface area (TPSA) is 31.4 Å². The van der Waals surface area contributed by atoms with Gasteiger partial charge in [-0.3, -0.25) is 4.98 Å². The largest absolute Gasteiger partial charge is 0.496 e. The van der Waals surface area contributed by atoms with Crippen LogP contribution in [-0.4, -0.2) is 12.1 Å². The monoisotopic (exact) mass is 353 g/mol. The van der Waals surface area contributed by atoms with Crippen LogP contribution in [0.25, 0.3) is 22.3 Å². The maximum atomic E-state index is 5.98. The molecule has 0 N–H and O–H groups in total. The molecule has 0 bridgehead atoms. The summed E-state index contributed by atoms with van der Waals surface area (Å²) in [6, 6.07) is 28.0. The minimum absolute atomic E-state index is 0.787. The first kappa shape index (κ1) is 16.9. The molecular weight excluding hydrogens is 334 g/mol. The molecular formula is C24H19NO2. The summed E-state index contributed by atoms with van der Waals surface area (Å²) in [6.07, 6.45) is 3.60. The van der Waals surface area contributed by atoms with Crippen LogP contribution in [0.5, 0.6) is 17.2 Å². The van der Waals surface area contributed by atoms with E-state index in [0.717, 1.165) is 39.5 Å². The molecule has 0 saturated heterocycles. The Bertz CT molecular complexity index is 1030. The van der Waals surface area contributed by atoms with E-state index in [-0.39, 0.29) is 0 Å². The van der Waals surface area contributed by atoms with Crippen molar-refractivity contribution in [1.82, 2.24) is 4.98 Å². The number of benzene rings is 3. The summed E-state index contributed by atoms with van der Waals surface area (Å²) in [5.41, 5.74) is 4.29. The fraction of sp³-hybridized carbons (Fsp3) is 0.0417. The van der Waals surface area contributed by atoms with Crippen molar-refractivity contribution in [2.24, 2.45) is 0 Å². The average molecular weight is 353 g/mol. The van der Waals surface area contributed by atoms with Gasteiger partial charge >= 0.3 is 0 Å². The van der Waals surface area contributed by atoms with Gasteiger partial charge in [0.25, 0.3) is 0 Å². The van der Waals surface area contributed by atoms with Crippen molar-refractivity contribution in [2.75, 3.05) is 7.11 Å². The van der Waals surface area contributed by atoms with Gasteiger partial charge in [0.05, 0.1) is 7.11 Å². The average Bonchev–Trinajstić information content (AvgIpc) is 2.75. The molecule has 4 rings (SSSR count). The third-order valence-corrected chi connectivity index (χ3v) is 4.34. The first-order valence-corrected chi connectivity index (χ1v) is 8.75. The number of pyridine rings is 1. The van der Waals surface area contributed by atoms with E-state index < -0.39 is 0 Å². The van der Waals surface area contributed by atoms with Gasteiger partial charge in [-0.15, -0.1) is 0 Å². The molecule has 0 spiro atoms. The molecule has 0 aliphatic rings. The Labute approximate surface area is 158 Å². The number of hydrogen-bond donors (Lipinski definition) is 0. The minimum Gasteiger partial charge on any atom is -0.496 e. The van der Waals surface area contributed by atoms with Crippen LogP contribution in [0, 0.1) is 0 Å². The molecule has 3 nitrogen and oxygen atoms in total. The Morgan fingerprint density at radius 1 is 0.630 bits per heavy atom. The van der Waals surface area contributed by atoms with Gasteiger partial charge in [-0.2, -0.15) is 0 Å². The van der Waals surface area contributed by atoms with Gasteiger partial charge in [0, 0.05) is 18.0 Å². The second-order valence-electron chi connectivity index (χ2n) is 6.09. The van der Waals surface area contributed by atoms with E-state index in [1.54, 1.807) is 19.5 Å². The molecule has 0 fully saturated rings. The van der Waals surface area contributed by atoms with E-state index in [1.807, 2.05) is 66.7 Å². The second-order valence-corrected chi connectivity index (χ2v) is 6.09. The van der Waals surface area contributed by atoms with Gasteiger partial charge in [-0.25, -0.2) is 0 Å². The van der Waals surface area contributed by atoms with Crippen LogP contribution in [0.2, 0.25) is 0 Å². The van der Waals surface area contributed by atoms with Gasteiger partial charge in [0.1, 0.15) is 17.2 Å². The molecule has 3 heteroatoms. The number of rotatable bonds is 5. The summed E-state index contributed by atoms with van der Waals surface area (Å²) in [7, 11) is 1.69. The van der Waals surface area contributed by atoms with Crippen LogP contribution in [-0.2, 0) is 0 Å². The maximum Gasteiger partial charge on any atom is 0.128 e. The van der Waals surface area contributed by atoms with Gasteiger partial charge < -0.3 is 9.47 Å². The van der Waals surface area contributed by atoms with Gasteiger partial charge in [0.15, 0.2) is 0 Å². The summed E-state index contributed by atoms with van der Waals surface area (Å²) in [6.45, 7) is 0. The molecule has 4 aromatic rings. The van der Waals surface area contributed by atoms with E-state index in [2.05, 4.69) is 23.2 Å². The first-order chi connectivity index (χ1) is 13.3. The van der Waals surface area contributed by atoms with Crippen LogP contribution >= 0.6 is 0 Å². The molecule has 0 unspecified atom stereocenters. The summed E-state index contributed by atoms with van der Waals surface area (Å²) >= 11 is 0. The van der Waals surface area contributed by atoms with Crippen LogP contribution in [0.1, 0.15) is 0 Å². The fourth-order valence-corrected chi connectivity index (χ4v) is 3.01. The van der Waals surface area contributed by atoms with E-state index >= 15 is 0 Å². The zero-order valence-electron chi connectivity index (χ0n) is 15.0. The highest BCUT2D eigenvalue weighted by Gasteiger charge is 2.10. The molecule has 132 valence electrons. The smallest absolute Gasteiger partial charge is 0.128 e. The Hall–Kier alpha value is -3.59. The van der Waals surface area contributed by atoms with Crippen molar-refractivity contribution < 1.29 is 9.47 Å². The summed E-state index contributed by atoms with van der Waals surface area (Å²) in [5, 5.41) is 0. The molecule has 27 heavy (non-hydrogen) atoms. The Morgan fingerprint density at radius 2 is 1.41 bits per heavy atom. The van der Waals surface area contributed by atoms with Crippen molar-refractivity contribution in [3.05, 3.63) is 97.3 Å². The minimum atomic E-state index is 0.787. The zero-order valence-corrected chi connectivity index (χ0v) is 15.0. The van der Waals surface area contributed by atoms with Crippen LogP contribution in [0.15, 0.2) is 97.3 Å². The van der Waals surface area contributed by atoms with Crippen molar-refractivity contribution in [3.63, 3.8) is 0 Å². The highest BCUT2D eigenvalue weighted by Crippen LogP contribution is 2.36. The molecule has 0 aliphatic carbocycles. The zero-order chi connectivity index (χ0) is 18.5. The second kappa shape index (κ2) is 7.75. The molecule has 1 heterocycles. The predicted octanol–water partition coefficient (Wildman–Crippen LogP) is 6.22. The fourth-order valence-electron chi connectivity index (χ4n) is 3.01. The summed E-state index contributed by atoms with van der Waals surface area (Å²) in [4.78, 5) is 4.10. The quantitative estimate of drug-likeness (QED) is 0.427. The molecule has 0 saturated carbocycles. The molecule has 0 radical (unpaired) electrons. The molecule has 0 amide bonds. The van der Waals surface area contributed by atoms with Crippen molar-refractivity contribution >= 4 is 0 Å². The number of methoxy groups -OCH3 is 1. The van der Waals surface area contributed by atoms with E-state index in [9.17, 15) is 0 Å². The van der Waals surface area contributed by atoms with Crippen molar-refractivity contribution in [3.8, 4) is 39.5 Å². The number of ether oxygens (including phenoxy) is 2. The van der Waals surface area contributed by atoms with Crippen molar-refractivity contribution in [2.45, 2.75) is 0 Å². The predicted molar refractivity (Wildman–Crippen MR) is 108 cm³/mol. The van der Waals surface area contributed by atoms with Gasteiger partial charge in [-0.05, 0) is 65.2 Å². The highest BCUT2D eigenvalue weighted by molar-refractivity contribution is 5.78. The van der Waals surface area contributed by atoms with E-state index in [4.69, 9.17) is 9.47 Å². The number of aromatic nitrogens is 1. The lowest BCUT2D eigenvalue weighted by Crippen LogP contribution is -1.90. The molecule has 0 atom stereocenters. The first-order valence-electron chi connectivity index (χ1n) is 8.75. The van der Waals surface area contributed by atoms with E-state index in [0.29, 0.717) is 0 Å². The summed E-state index contributed by atoms with van der Waals surface area (Å²) < 4.78 is 11.6. The van der Waals surface area contributed by atoms with Crippen LogP contribution < -0.4 is 9.47 Å². The lowest BCUT2D eigenvalue weighted by molar-refractivity contribution is 0.416. The Morgan fingerprint density at radius 3 is 2.19 bits per heavy atom. The third-order valence-electron chi connectivity index (χ3n) is 4.34. The van der Waals surface area contributed by atoms with Crippen LogP contribution in [0.3, 0.4) is 0 Å². The maximum absolute atomic E-state index is 5.98. The van der Waals surface area contributed by atoms with Crippen molar-refractivity contribution in [1.29, 1.82) is 0 Å². The summed E-state index contributed by atoms with van der Waals surface area (Å²) in [5.74, 6) is 2.42. The molecule has 0 aliphatic heterocycles. The highest BCUT2D eigenvalue weighted by atomic mass is 16.5. The molecule has 3 aromatic carbocycles. The SMILES string of the molecule is COc1ccc(-c2ccncc2)cc1-c1cccc(Oc2ccccc2)c1. The van der Waals surface area contributed by atoms with Gasteiger partial charge in [-0.1, -0.05) is 36.4 Å². The Kier molecular flexibility index (Phi) is 4.84. The number of nitrogens with zero attached hydrogens (tertiary/aromatic N) is 1. The molecule has 1 aromatic heterocycles. The Balaban J connectivity index is 1.73. The van der Waals surface area contributed by atoms with Gasteiger partial charge in [0.2, 0.25) is 0 Å². The third kappa shape index (κ3) is 3.82. The lowest BCUT2D eigenvalue weighted by atomic mass is 9.98. The lowest BCUT2D eigenvalue weighted by Gasteiger charge is -2.13. The van der Waals surface area contributed by atoms with Crippen LogP contribution in [0.4, 0.5) is 0 Å². The standard InChI is InChI=1S/C24H19NO2/c1-26-24-11-10-19(18-12-14-25-15-13-18)17-23(24)20-6-5-9-22(16-20)27-21-7-3-2-4-8-21/h2-17H,1H3. The number of para-hydroxylation sites is 1.